The SMILES string of the molecule is O=C1CCc2ccccc2N1Cc1noc([C@H]2CCCO2)n1. The molecule has 0 N–H and O–H groups in total. The molecule has 4 rings (SSSR count). The smallest absolute Gasteiger partial charge is 0.255 e. The van der Waals surface area contributed by atoms with Crippen LogP contribution in [0.5, 0.6) is 0 Å². The highest BCUT2D eigenvalue weighted by Gasteiger charge is 2.27. The number of anilines is 1. The fraction of sp³-hybridized carbons (Fsp3) is 0.438. The largest absolute Gasteiger partial charge is 0.368 e. The summed E-state index contributed by atoms with van der Waals surface area (Å²) in [4.78, 5) is 18.4. The number of aryl methyl sites for hydroxylation is 1. The topological polar surface area (TPSA) is 68.5 Å². The molecule has 3 heterocycles. The molecule has 6 heteroatoms. The van der Waals surface area contributed by atoms with Crippen LogP contribution in [0, 0.1) is 0 Å². The molecule has 2 aromatic rings. The van der Waals surface area contributed by atoms with E-state index in [9.17, 15) is 4.79 Å². The first kappa shape index (κ1) is 13.5. The molecule has 2 aliphatic rings. The Morgan fingerprint density at radius 3 is 3.05 bits per heavy atom. The maximum atomic E-state index is 12.2. The zero-order valence-electron chi connectivity index (χ0n) is 12.2. The molecule has 6 nitrogen and oxygen atoms in total. The molecule has 1 amide bonds. The van der Waals surface area contributed by atoms with Gasteiger partial charge < -0.3 is 14.2 Å². The Kier molecular flexibility index (Phi) is 3.38. The summed E-state index contributed by atoms with van der Waals surface area (Å²) in [6, 6.07) is 7.96. The Balaban J connectivity index is 1.56. The molecule has 22 heavy (non-hydrogen) atoms. The van der Waals surface area contributed by atoms with Crippen LogP contribution >= 0.6 is 0 Å². The highest BCUT2D eigenvalue weighted by Crippen LogP contribution is 2.30. The third kappa shape index (κ3) is 2.39. The van der Waals surface area contributed by atoms with Gasteiger partial charge in [0.25, 0.3) is 5.89 Å². The zero-order chi connectivity index (χ0) is 14.9. The Bertz CT molecular complexity index is 691. The normalized spacial score (nSPS) is 21.2. The van der Waals surface area contributed by atoms with E-state index in [1.165, 1.54) is 5.56 Å². The fourth-order valence-corrected chi connectivity index (χ4v) is 3.05. The number of para-hydroxylation sites is 1. The number of carbonyl (C=O) groups is 1. The molecule has 0 bridgehead atoms. The quantitative estimate of drug-likeness (QED) is 0.870. The molecule has 1 aromatic heterocycles. The number of hydrogen-bond acceptors (Lipinski definition) is 5. The summed E-state index contributed by atoms with van der Waals surface area (Å²) >= 11 is 0. The molecule has 2 aliphatic heterocycles. The van der Waals surface area contributed by atoms with Crippen LogP contribution in [-0.4, -0.2) is 22.7 Å². The lowest BCUT2D eigenvalue weighted by Gasteiger charge is -2.28. The number of nitrogens with zero attached hydrogens (tertiary/aromatic N) is 3. The van der Waals surface area contributed by atoms with Crippen LogP contribution < -0.4 is 4.90 Å². The van der Waals surface area contributed by atoms with Crippen molar-refractivity contribution in [3.63, 3.8) is 0 Å². The van der Waals surface area contributed by atoms with E-state index in [4.69, 9.17) is 9.26 Å². The number of rotatable bonds is 3. The van der Waals surface area contributed by atoms with E-state index in [0.717, 1.165) is 31.6 Å². The van der Waals surface area contributed by atoms with Gasteiger partial charge in [-0.15, -0.1) is 0 Å². The molecule has 0 unspecified atom stereocenters. The Morgan fingerprint density at radius 2 is 2.18 bits per heavy atom. The number of benzene rings is 1. The van der Waals surface area contributed by atoms with Crippen molar-refractivity contribution in [2.24, 2.45) is 0 Å². The molecule has 0 aliphatic carbocycles. The highest BCUT2D eigenvalue weighted by molar-refractivity contribution is 5.96. The third-order valence-corrected chi connectivity index (χ3v) is 4.18. The summed E-state index contributed by atoms with van der Waals surface area (Å²) in [7, 11) is 0. The molecule has 1 fully saturated rings. The van der Waals surface area contributed by atoms with Crippen LogP contribution in [0.4, 0.5) is 5.69 Å². The minimum Gasteiger partial charge on any atom is -0.368 e. The van der Waals surface area contributed by atoms with Gasteiger partial charge in [-0.2, -0.15) is 4.98 Å². The molecule has 1 aromatic carbocycles. The van der Waals surface area contributed by atoms with E-state index in [1.54, 1.807) is 4.90 Å². The maximum absolute atomic E-state index is 12.2. The van der Waals surface area contributed by atoms with Gasteiger partial charge in [0, 0.05) is 18.7 Å². The maximum Gasteiger partial charge on any atom is 0.255 e. The van der Waals surface area contributed by atoms with Crippen LogP contribution in [0.3, 0.4) is 0 Å². The van der Waals surface area contributed by atoms with Crippen LogP contribution in [0.15, 0.2) is 28.8 Å². The minimum absolute atomic E-state index is 0.0920. The summed E-state index contributed by atoms with van der Waals surface area (Å²) in [6.07, 6.45) is 3.14. The van der Waals surface area contributed by atoms with Crippen molar-refractivity contribution in [2.75, 3.05) is 11.5 Å². The lowest BCUT2D eigenvalue weighted by molar-refractivity contribution is -0.119. The predicted octanol–water partition coefficient (Wildman–Crippen LogP) is 2.40. The summed E-state index contributed by atoms with van der Waals surface area (Å²) < 4.78 is 10.8. The van der Waals surface area contributed by atoms with Crippen LogP contribution in [0.2, 0.25) is 0 Å². The number of fused-ring (bicyclic) bond motifs is 1. The van der Waals surface area contributed by atoms with Crippen molar-refractivity contribution >= 4 is 11.6 Å². The van der Waals surface area contributed by atoms with Gasteiger partial charge in [-0.3, -0.25) is 4.79 Å². The third-order valence-electron chi connectivity index (χ3n) is 4.18. The Labute approximate surface area is 128 Å². The second kappa shape index (κ2) is 5.53. The van der Waals surface area contributed by atoms with E-state index in [-0.39, 0.29) is 12.0 Å². The molecule has 0 radical (unpaired) electrons. The van der Waals surface area contributed by atoms with Crippen molar-refractivity contribution in [3.05, 3.63) is 41.5 Å². The van der Waals surface area contributed by atoms with E-state index in [0.29, 0.717) is 24.7 Å². The molecule has 0 spiro atoms. The van der Waals surface area contributed by atoms with Crippen molar-refractivity contribution in [3.8, 4) is 0 Å². The van der Waals surface area contributed by atoms with Gasteiger partial charge in [-0.05, 0) is 30.9 Å². The van der Waals surface area contributed by atoms with Crippen LogP contribution in [0.1, 0.15) is 42.6 Å². The molecule has 1 saturated heterocycles. The van der Waals surface area contributed by atoms with E-state index in [2.05, 4.69) is 16.2 Å². The molecule has 114 valence electrons. The lowest BCUT2D eigenvalue weighted by atomic mass is 10.0. The molecular formula is C16H17N3O3. The first-order chi connectivity index (χ1) is 10.8. The van der Waals surface area contributed by atoms with Crippen LogP contribution in [0.25, 0.3) is 0 Å². The van der Waals surface area contributed by atoms with Gasteiger partial charge in [0.05, 0.1) is 6.54 Å². The average molecular weight is 299 g/mol. The van der Waals surface area contributed by atoms with Gasteiger partial charge in [0.15, 0.2) is 5.82 Å². The Morgan fingerprint density at radius 1 is 1.27 bits per heavy atom. The summed E-state index contributed by atoms with van der Waals surface area (Å²) in [6.45, 7) is 1.08. The first-order valence-corrected chi connectivity index (χ1v) is 7.63. The second-order valence-electron chi connectivity index (χ2n) is 5.66. The summed E-state index contributed by atoms with van der Waals surface area (Å²) in [5.74, 6) is 1.14. The standard InChI is InChI=1S/C16H17N3O3/c20-15-8-7-11-4-1-2-5-12(11)19(15)10-14-17-16(22-18-14)13-6-3-9-21-13/h1-2,4-5,13H,3,6-10H2/t13-/m1/s1. The van der Waals surface area contributed by atoms with Gasteiger partial charge in [0.1, 0.15) is 6.10 Å². The molecule has 1 atom stereocenters. The molecular weight excluding hydrogens is 282 g/mol. The Hall–Kier alpha value is -2.21. The number of hydrogen-bond donors (Lipinski definition) is 0. The molecule has 0 saturated carbocycles. The summed E-state index contributed by atoms with van der Waals surface area (Å²) in [5, 5.41) is 4.00. The van der Waals surface area contributed by atoms with Gasteiger partial charge >= 0.3 is 0 Å². The number of amides is 1. The van der Waals surface area contributed by atoms with E-state index in [1.807, 2.05) is 18.2 Å². The van der Waals surface area contributed by atoms with E-state index >= 15 is 0 Å². The lowest BCUT2D eigenvalue weighted by Crippen LogP contribution is -2.34. The van der Waals surface area contributed by atoms with Crippen LogP contribution in [-0.2, 0) is 22.5 Å². The average Bonchev–Trinajstić information content (AvgIpc) is 3.21. The predicted molar refractivity (Wildman–Crippen MR) is 78.2 cm³/mol. The fourth-order valence-electron chi connectivity index (χ4n) is 3.05. The van der Waals surface area contributed by atoms with E-state index < -0.39 is 0 Å². The van der Waals surface area contributed by atoms with Gasteiger partial charge in [0.2, 0.25) is 5.91 Å². The monoisotopic (exact) mass is 299 g/mol. The van der Waals surface area contributed by atoms with Crippen molar-refractivity contribution in [2.45, 2.75) is 38.3 Å². The zero-order valence-corrected chi connectivity index (χ0v) is 12.2. The number of carbonyl (C=O) groups excluding carboxylic acids is 1. The summed E-state index contributed by atoms with van der Waals surface area (Å²) in [5.41, 5.74) is 2.13. The van der Waals surface area contributed by atoms with Gasteiger partial charge in [-0.25, -0.2) is 0 Å². The highest BCUT2D eigenvalue weighted by atomic mass is 16.5. The number of ether oxygens (including phenoxy) is 1. The van der Waals surface area contributed by atoms with Crippen molar-refractivity contribution < 1.29 is 14.1 Å². The van der Waals surface area contributed by atoms with Crippen molar-refractivity contribution in [1.29, 1.82) is 0 Å². The van der Waals surface area contributed by atoms with Crippen molar-refractivity contribution in [1.82, 2.24) is 10.1 Å². The van der Waals surface area contributed by atoms with Gasteiger partial charge in [-0.1, -0.05) is 23.4 Å². The first-order valence-electron chi connectivity index (χ1n) is 7.63. The number of aromatic nitrogens is 2. The second-order valence-corrected chi connectivity index (χ2v) is 5.66. The minimum atomic E-state index is -0.0920.